The average Bonchev–Trinajstić information content (AvgIpc) is 2.98. The number of fused-ring (bicyclic) bond motifs is 1. The minimum absolute atomic E-state index is 0.474. The van der Waals surface area contributed by atoms with E-state index in [1.165, 1.54) is 23.1 Å². The Morgan fingerprint density at radius 3 is 2.71 bits per heavy atom. The zero-order chi connectivity index (χ0) is 14.1. The third kappa shape index (κ3) is 2.58. The zero-order valence-electron chi connectivity index (χ0n) is 11.8. The van der Waals surface area contributed by atoms with E-state index < -0.39 is 0 Å². The molecule has 0 saturated carbocycles. The Hall–Kier alpha value is -1.74. The van der Waals surface area contributed by atoms with Gasteiger partial charge in [0.05, 0.1) is 11.8 Å². The van der Waals surface area contributed by atoms with Gasteiger partial charge in [-0.3, -0.25) is 4.99 Å². The van der Waals surface area contributed by atoms with Crippen LogP contribution in [0.15, 0.2) is 59.6 Å². The molecule has 1 aliphatic heterocycles. The third-order valence-electron chi connectivity index (χ3n) is 4.29. The van der Waals surface area contributed by atoms with Crippen molar-refractivity contribution in [2.75, 3.05) is 13.1 Å². The molecule has 1 N–H and O–H groups in total. The summed E-state index contributed by atoms with van der Waals surface area (Å²) >= 11 is 1.86. The number of nitrogens with one attached hydrogen (secondary N) is 1. The van der Waals surface area contributed by atoms with Crippen LogP contribution < -0.4 is 5.32 Å². The van der Waals surface area contributed by atoms with Gasteiger partial charge in [-0.2, -0.15) is 0 Å². The summed E-state index contributed by atoms with van der Waals surface area (Å²) in [6, 6.07) is 19.4. The van der Waals surface area contributed by atoms with E-state index in [2.05, 4.69) is 64.9 Å². The summed E-state index contributed by atoms with van der Waals surface area (Å²) in [5.74, 6) is 0.653. The molecular formula is C18H18N2S. The molecule has 2 atom stereocenters. The first-order valence-corrected chi connectivity index (χ1v) is 8.36. The highest BCUT2D eigenvalue weighted by Crippen LogP contribution is 2.36. The van der Waals surface area contributed by atoms with Gasteiger partial charge in [-0.25, -0.2) is 0 Å². The van der Waals surface area contributed by atoms with Gasteiger partial charge in [0, 0.05) is 12.5 Å². The standard InChI is InChI=1S/C18H18N2S/c1-2-6-13(7-3-1)17-12-20-18(21-17)19-11-15-10-14-8-4-5-9-16(14)15/h1-9,15,17H,10-12H2,(H,19,20). The third-order valence-corrected chi connectivity index (χ3v) is 5.49. The molecule has 1 heterocycles. The number of rotatable bonds is 3. The minimum atomic E-state index is 0.474. The van der Waals surface area contributed by atoms with E-state index in [0.717, 1.165) is 18.3 Å². The largest absolute Gasteiger partial charge is 0.364 e. The molecule has 106 valence electrons. The molecule has 4 rings (SSSR count). The van der Waals surface area contributed by atoms with Crippen molar-refractivity contribution >= 4 is 16.9 Å². The molecule has 2 nitrogen and oxygen atoms in total. The van der Waals surface area contributed by atoms with E-state index in [1.807, 2.05) is 11.8 Å². The lowest BCUT2D eigenvalue weighted by Crippen LogP contribution is -2.31. The molecule has 1 aliphatic carbocycles. The Morgan fingerprint density at radius 2 is 1.86 bits per heavy atom. The molecule has 2 aromatic carbocycles. The quantitative estimate of drug-likeness (QED) is 0.932. The molecular weight excluding hydrogens is 276 g/mol. The zero-order valence-corrected chi connectivity index (χ0v) is 12.6. The molecule has 0 spiro atoms. The van der Waals surface area contributed by atoms with Gasteiger partial charge in [0.25, 0.3) is 0 Å². The fourth-order valence-corrected chi connectivity index (χ4v) is 4.10. The number of amidine groups is 1. The molecule has 2 aromatic rings. The van der Waals surface area contributed by atoms with E-state index in [1.54, 1.807) is 0 Å². The smallest absolute Gasteiger partial charge is 0.157 e. The van der Waals surface area contributed by atoms with Crippen LogP contribution in [0, 0.1) is 0 Å². The van der Waals surface area contributed by atoms with Crippen molar-refractivity contribution in [1.82, 2.24) is 5.32 Å². The van der Waals surface area contributed by atoms with Gasteiger partial charge in [0.15, 0.2) is 5.17 Å². The van der Waals surface area contributed by atoms with Gasteiger partial charge in [0.2, 0.25) is 0 Å². The topological polar surface area (TPSA) is 24.4 Å². The molecule has 0 aromatic heterocycles. The summed E-state index contributed by atoms with van der Waals surface area (Å²) in [6.07, 6.45) is 1.20. The van der Waals surface area contributed by atoms with Crippen molar-refractivity contribution < 1.29 is 0 Å². The van der Waals surface area contributed by atoms with Crippen LogP contribution >= 0.6 is 11.8 Å². The molecule has 0 amide bonds. The van der Waals surface area contributed by atoms with Gasteiger partial charge in [-0.1, -0.05) is 66.4 Å². The normalized spacial score (nSPS) is 23.1. The number of benzene rings is 2. The van der Waals surface area contributed by atoms with Crippen molar-refractivity contribution in [2.45, 2.75) is 17.6 Å². The first-order valence-electron chi connectivity index (χ1n) is 7.48. The van der Waals surface area contributed by atoms with Crippen LogP contribution in [0.4, 0.5) is 0 Å². The van der Waals surface area contributed by atoms with E-state index in [9.17, 15) is 0 Å². The summed E-state index contributed by atoms with van der Waals surface area (Å²) in [5.41, 5.74) is 4.39. The number of thioether (sulfide) groups is 1. The lowest BCUT2D eigenvalue weighted by atomic mass is 9.78. The molecule has 0 saturated heterocycles. The Morgan fingerprint density at radius 1 is 1.05 bits per heavy atom. The van der Waals surface area contributed by atoms with Gasteiger partial charge in [-0.15, -0.1) is 0 Å². The molecule has 0 radical (unpaired) electrons. The lowest BCUT2D eigenvalue weighted by molar-refractivity contribution is 0.592. The fraction of sp³-hybridized carbons (Fsp3) is 0.278. The maximum absolute atomic E-state index is 4.65. The van der Waals surface area contributed by atoms with Gasteiger partial charge >= 0.3 is 0 Å². The number of nitrogens with zero attached hydrogens (tertiary/aromatic N) is 1. The molecule has 21 heavy (non-hydrogen) atoms. The van der Waals surface area contributed by atoms with Crippen molar-refractivity contribution in [2.24, 2.45) is 4.99 Å². The van der Waals surface area contributed by atoms with Gasteiger partial charge in [-0.05, 0) is 23.1 Å². The van der Waals surface area contributed by atoms with E-state index >= 15 is 0 Å². The van der Waals surface area contributed by atoms with Crippen molar-refractivity contribution in [3.05, 3.63) is 71.3 Å². The predicted octanol–water partition coefficient (Wildman–Crippen LogP) is 3.76. The van der Waals surface area contributed by atoms with Crippen LogP contribution in [-0.4, -0.2) is 18.3 Å². The molecule has 2 aliphatic rings. The van der Waals surface area contributed by atoms with Crippen LogP contribution in [0.5, 0.6) is 0 Å². The van der Waals surface area contributed by atoms with Crippen molar-refractivity contribution in [3.8, 4) is 0 Å². The Kier molecular flexibility index (Phi) is 3.44. The fourth-order valence-electron chi connectivity index (χ4n) is 3.07. The second-order valence-electron chi connectivity index (χ2n) is 5.64. The first-order chi connectivity index (χ1) is 10.4. The highest BCUT2D eigenvalue weighted by molar-refractivity contribution is 8.14. The lowest BCUT2D eigenvalue weighted by Gasteiger charge is -2.30. The number of hydrogen-bond acceptors (Lipinski definition) is 3. The van der Waals surface area contributed by atoms with Crippen molar-refractivity contribution in [3.63, 3.8) is 0 Å². The Labute approximate surface area is 129 Å². The summed E-state index contributed by atoms with van der Waals surface area (Å²) in [4.78, 5) is 4.65. The molecule has 0 bridgehead atoms. The van der Waals surface area contributed by atoms with Gasteiger partial charge < -0.3 is 5.32 Å². The Bertz CT molecular complexity index is 666. The van der Waals surface area contributed by atoms with Gasteiger partial charge in [0.1, 0.15) is 0 Å². The first kappa shape index (κ1) is 13.0. The molecule has 2 unspecified atom stereocenters. The van der Waals surface area contributed by atoms with E-state index in [0.29, 0.717) is 11.2 Å². The summed E-state index contributed by atoms with van der Waals surface area (Å²) in [6.45, 7) is 1.89. The minimum Gasteiger partial charge on any atom is -0.364 e. The Balaban J connectivity index is 1.32. The monoisotopic (exact) mass is 294 g/mol. The maximum Gasteiger partial charge on any atom is 0.157 e. The molecule has 0 fully saturated rings. The van der Waals surface area contributed by atoms with Crippen LogP contribution in [0.2, 0.25) is 0 Å². The van der Waals surface area contributed by atoms with Crippen LogP contribution in [-0.2, 0) is 6.42 Å². The second-order valence-corrected chi connectivity index (χ2v) is 6.84. The maximum atomic E-state index is 4.65. The van der Waals surface area contributed by atoms with Crippen LogP contribution in [0.1, 0.15) is 27.9 Å². The van der Waals surface area contributed by atoms with Crippen LogP contribution in [0.3, 0.4) is 0 Å². The summed E-state index contributed by atoms with van der Waals surface area (Å²) < 4.78 is 0. The SMILES string of the molecule is c1ccc(C2CN=C(NCC3Cc4ccccc43)S2)cc1. The predicted molar refractivity (Wildman–Crippen MR) is 90.0 cm³/mol. The summed E-state index contributed by atoms with van der Waals surface area (Å²) in [7, 11) is 0. The number of hydrogen-bond donors (Lipinski definition) is 1. The van der Waals surface area contributed by atoms with Crippen LogP contribution in [0.25, 0.3) is 0 Å². The highest BCUT2D eigenvalue weighted by Gasteiger charge is 2.27. The molecule has 3 heteroatoms. The number of aliphatic imine (C=N–C) groups is 1. The van der Waals surface area contributed by atoms with Crippen molar-refractivity contribution in [1.29, 1.82) is 0 Å². The highest BCUT2D eigenvalue weighted by atomic mass is 32.2. The summed E-state index contributed by atoms with van der Waals surface area (Å²) in [5, 5.41) is 5.12. The van der Waals surface area contributed by atoms with E-state index in [-0.39, 0.29) is 0 Å². The van der Waals surface area contributed by atoms with E-state index in [4.69, 9.17) is 0 Å². The average molecular weight is 294 g/mol. The second kappa shape index (κ2) is 5.57.